The maximum absolute atomic E-state index is 14.3. The summed E-state index contributed by atoms with van der Waals surface area (Å²) < 4.78 is 48.4. The van der Waals surface area contributed by atoms with E-state index in [1.165, 1.54) is 18.3 Å². The third-order valence-electron chi connectivity index (χ3n) is 4.26. The maximum Gasteiger partial charge on any atom is 0.425 e. The molecule has 0 spiro atoms. The molecule has 0 aliphatic carbocycles. The summed E-state index contributed by atoms with van der Waals surface area (Å²) in [4.78, 5) is 14.6. The van der Waals surface area contributed by atoms with Gasteiger partial charge in [0.15, 0.2) is 0 Å². The van der Waals surface area contributed by atoms with Gasteiger partial charge in [-0.1, -0.05) is 66.7 Å². The Hall–Kier alpha value is -3.12. The lowest BCUT2D eigenvalue weighted by Gasteiger charge is -2.33. The van der Waals surface area contributed by atoms with E-state index in [1.807, 2.05) is 0 Å². The number of hydrogen-bond acceptors (Lipinski definition) is 2. The molecule has 0 saturated carbocycles. The number of benzene rings is 2. The van der Waals surface area contributed by atoms with Crippen molar-refractivity contribution in [2.75, 3.05) is 0 Å². The zero-order chi connectivity index (χ0) is 20.0. The van der Waals surface area contributed by atoms with Crippen molar-refractivity contribution in [2.24, 2.45) is 0 Å². The Morgan fingerprint density at radius 2 is 1.54 bits per heavy atom. The minimum absolute atomic E-state index is 0.312. The van der Waals surface area contributed by atoms with Crippen LogP contribution in [0.5, 0.6) is 0 Å². The molecule has 0 radical (unpaired) electrons. The molecule has 3 rings (SSSR count). The average molecular weight is 385 g/mol. The molecular formula is C22H18F3NO2. The summed E-state index contributed by atoms with van der Waals surface area (Å²) in [5, 5.41) is 0. The monoisotopic (exact) mass is 385 g/mol. The van der Waals surface area contributed by atoms with Gasteiger partial charge in [0.1, 0.15) is 0 Å². The third kappa shape index (κ3) is 4.23. The highest BCUT2D eigenvalue weighted by Gasteiger charge is 2.57. The largest absolute Gasteiger partial charge is 0.425 e. The Labute approximate surface area is 160 Å². The van der Waals surface area contributed by atoms with Gasteiger partial charge in [0, 0.05) is 6.20 Å². The molecule has 1 atom stereocenters. The molecule has 2 aromatic carbocycles. The van der Waals surface area contributed by atoms with Crippen LogP contribution in [0.25, 0.3) is 6.08 Å². The number of ether oxygens (including phenoxy) is 1. The zero-order valence-electron chi connectivity index (χ0n) is 14.8. The SMILES string of the molecule is O=c1[nH]cccc1C(/C=C/c1ccccc1)(OCc1ccccc1)C(F)(F)F. The topological polar surface area (TPSA) is 42.1 Å². The quantitative estimate of drug-likeness (QED) is 0.644. The first kappa shape index (κ1) is 19.6. The second-order valence-electron chi connectivity index (χ2n) is 6.16. The van der Waals surface area contributed by atoms with Crippen LogP contribution in [0.1, 0.15) is 16.7 Å². The van der Waals surface area contributed by atoms with Crippen molar-refractivity contribution in [3.8, 4) is 0 Å². The van der Waals surface area contributed by atoms with E-state index in [1.54, 1.807) is 60.7 Å². The van der Waals surface area contributed by atoms with Crippen molar-refractivity contribution in [1.29, 1.82) is 0 Å². The van der Waals surface area contributed by atoms with Crippen molar-refractivity contribution in [3.63, 3.8) is 0 Å². The van der Waals surface area contributed by atoms with E-state index in [-0.39, 0.29) is 6.61 Å². The fourth-order valence-electron chi connectivity index (χ4n) is 2.81. The lowest BCUT2D eigenvalue weighted by molar-refractivity contribution is -0.267. The molecule has 6 heteroatoms. The zero-order valence-corrected chi connectivity index (χ0v) is 14.8. The molecule has 144 valence electrons. The van der Waals surface area contributed by atoms with E-state index in [9.17, 15) is 18.0 Å². The van der Waals surface area contributed by atoms with E-state index in [0.29, 0.717) is 11.1 Å². The Bertz CT molecular complexity index is 982. The first-order chi connectivity index (χ1) is 13.4. The number of nitrogens with one attached hydrogen (secondary N) is 1. The van der Waals surface area contributed by atoms with Crippen molar-refractivity contribution < 1.29 is 17.9 Å². The summed E-state index contributed by atoms with van der Waals surface area (Å²) in [5.41, 5.74) is -3.15. The smallest absolute Gasteiger partial charge is 0.352 e. The number of aromatic amines is 1. The number of alkyl halides is 3. The summed E-state index contributed by atoms with van der Waals surface area (Å²) in [6, 6.07) is 19.5. The second-order valence-corrected chi connectivity index (χ2v) is 6.16. The Morgan fingerprint density at radius 3 is 2.14 bits per heavy atom. The molecule has 0 fully saturated rings. The van der Waals surface area contributed by atoms with Crippen molar-refractivity contribution in [2.45, 2.75) is 18.4 Å². The Balaban J connectivity index is 2.10. The molecule has 0 aliphatic heterocycles. The first-order valence-corrected chi connectivity index (χ1v) is 8.59. The molecule has 1 aromatic heterocycles. The van der Waals surface area contributed by atoms with Gasteiger partial charge in [-0.3, -0.25) is 4.79 Å². The standard InChI is InChI=1S/C22H18F3NO2/c23-22(24,25)21(19-12-7-15-26-20(19)27,14-13-17-8-3-1-4-9-17)28-16-18-10-5-2-6-11-18/h1-15H,16H2,(H,26,27)/b14-13+. The number of rotatable bonds is 6. The molecule has 0 bridgehead atoms. The number of pyridine rings is 1. The van der Waals surface area contributed by atoms with Crippen LogP contribution in [-0.4, -0.2) is 11.2 Å². The van der Waals surface area contributed by atoms with Gasteiger partial charge in [-0.05, 0) is 29.3 Å². The van der Waals surface area contributed by atoms with Gasteiger partial charge in [0.25, 0.3) is 5.56 Å². The second kappa shape index (κ2) is 8.27. The Kier molecular flexibility index (Phi) is 5.80. The molecule has 0 saturated heterocycles. The van der Waals surface area contributed by atoms with Crippen molar-refractivity contribution >= 4 is 6.08 Å². The molecule has 1 N–H and O–H groups in total. The van der Waals surface area contributed by atoms with Gasteiger partial charge in [-0.15, -0.1) is 0 Å². The van der Waals surface area contributed by atoms with Gasteiger partial charge in [0.05, 0.1) is 12.2 Å². The minimum atomic E-state index is -4.86. The lowest BCUT2D eigenvalue weighted by Crippen LogP contribution is -2.46. The van der Waals surface area contributed by atoms with Crippen molar-refractivity contribution in [1.82, 2.24) is 4.98 Å². The highest BCUT2D eigenvalue weighted by atomic mass is 19.4. The van der Waals surface area contributed by atoms with E-state index < -0.39 is 22.9 Å². The van der Waals surface area contributed by atoms with Gasteiger partial charge in [-0.25, -0.2) is 0 Å². The molecule has 28 heavy (non-hydrogen) atoms. The summed E-state index contributed by atoms with van der Waals surface area (Å²) in [7, 11) is 0. The average Bonchev–Trinajstić information content (AvgIpc) is 2.70. The fraction of sp³-hybridized carbons (Fsp3) is 0.136. The van der Waals surface area contributed by atoms with Crippen LogP contribution in [-0.2, 0) is 16.9 Å². The van der Waals surface area contributed by atoms with Crippen LogP contribution < -0.4 is 5.56 Å². The number of hydrogen-bond donors (Lipinski definition) is 1. The van der Waals surface area contributed by atoms with Crippen LogP contribution in [0, 0.1) is 0 Å². The fourth-order valence-corrected chi connectivity index (χ4v) is 2.81. The van der Waals surface area contributed by atoms with Gasteiger partial charge < -0.3 is 9.72 Å². The summed E-state index contributed by atoms with van der Waals surface area (Å²) in [6.07, 6.45) is -1.37. The Morgan fingerprint density at radius 1 is 0.893 bits per heavy atom. The van der Waals surface area contributed by atoms with Crippen LogP contribution in [0.2, 0.25) is 0 Å². The predicted molar refractivity (Wildman–Crippen MR) is 102 cm³/mol. The number of halogens is 3. The molecule has 1 unspecified atom stereocenters. The van der Waals surface area contributed by atoms with E-state index in [0.717, 1.165) is 12.1 Å². The van der Waals surface area contributed by atoms with Gasteiger partial charge in [0.2, 0.25) is 5.60 Å². The molecule has 1 heterocycles. The molecule has 3 aromatic rings. The van der Waals surface area contributed by atoms with E-state index in [4.69, 9.17) is 4.74 Å². The predicted octanol–water partition coefficient (Wildman–Crippen LogP) is 5.06. The van der Waals surface area contributed by atoms with Crippen LogP contribution in [0.3, 0.4) is 0 Å². The normalized spacial score (nSPS) is 14.1. The molecular weight excluding hydrogens is 367 g/mol. The van der Waals surface area contributed by atoms with Gasteiger partial charge >= 0.3 is 6.18 Å². The van der Waals surface area contributed by atoms with Crippen molar-refractivity contribution in [3.05, 3.63) is 112 Å². The molecule has 0 amide bonds. The summed E-state index contributed by atoms with van der Waals surface area (Å²) >= 11 is 0. The first-order valence-electron chi connectivity index (χ1n) is 8.59. The van der Waals surface area contributed by atoms with E-state index >= 15 is 0 Å². The highest BCUT2D eigenvalue weighted by Crippen LogP contribution is 2.43. The lowest BCUT2D eigenvalue weighted by atomic mass is 9.92. The molecule has 0 aliphatic rings. The van der Waals surface area contributed by atoms with Crippen LogP contribution >= 0.6 is 0 Å². The minimum Gasteiger partial charge on any atom is -0.352 e. The van der Waals surface area contributed by atoms with E-state index in [2.05, 4.69) is 4.98 Å². The highest BCUT2D eigenvalue weighted by molar-refractivity contribution is 5.52. The summed E-state index contributed by atoms with van der Waals surface area (Å²) in [5.74, 6) is 0. The number of aromatic nitrogens is 1. The molecule has 3 nitrogen and oxygen atoms in total. The van der Waals surface area contributed by atoms with Crippen LogP contribution in [0.15, 0.2) is 89.9 Å². The maximum atomic E-state index is 14.3. The van der Waals surface area contributed by atoms with Gasteiger partial charge in [-0.2, -0.15) is 13.2 Å². The van der Waals surface area contributed by atoms with Crippen LogP contribution in [0.4, 0.5) is 13.2 Å². The third-order valence-corrected chi connectivity index (χ3v) is 4.26. The number of H-pyrrole nitrogens is 1. The summed E-state index contributed by atoms with van der Waals surface area (Å²) in [6.45, 7) is -0.312.